The number of imidazole rings is 1. The topological polar surface area (TPSA) is 46.8 Å². The van der Waals surface area contributed by atoms with Gasteiger partial charge in [0.15, 0.2) is 17.0 Å². The van der Waals surface area contributed by atoms with Crippen LogP contribution in [0.2, 0.25) is 5.02 Å². The molecule has 124 valence electrons. The molecule has 0 aliphatic rings. The fourth-order valence-corrected chi connectivity index (χ4v) is 2.95. The highest BCUT2D eigenvalue weighted by Gasteiger charge is 2.14. The summed E-state index contributed by atoms with van der Waals surface area (Å²) in [6.07, 6.45) is 3.34. The summed E-state index contributed by atoms with van der Waals surface area (Å²) in [6.45, 7) is 0.751. The molecule has 0 N–H and O–H groups in total. The highest BCUT2D eigenvalue weighted by molar-refractivity contribution is 6.30. The van der Waals surface area contributed by atoms with E-state index >= 15 is 0 Å². The molecule has 0 saturated heterocycles. The van der Waals surface area contributed by atoms with Crippen LogP contribution in [0.1, 0.15) is 5.56 Å². The van der Waals surface area contributed by atoms with Crippen LogP contribution in [0.4, 0.5) is 5.82 Å². The Kier molecular flexibility index (Phi) is 4.07. The summed E-state index contributed by atoms with van der Waals surface area (Å²) in [6, 6.07) is 17.9. The van der Waals surface area contributed by atoms with Crippen LogP contribution in [0.25, 0.3) is 16.9 Å². The standard InChI is InChI=1S/C19H16ClN5/c1-24(11-14-5-3-2-4-6-14)18-17-19(22-12-21-18)25(13-23-17)16-9-7-15(20)8-10-16/h2-10,12-13H,11H2,1H3. The van der Waals surface area contributed by atoms with E-state index in [4.69, 9.17) is 11.6 Å². The van der Waals surface area contributed by atoms with Gasteiger partial charge in [-0.1, -0.05) is 41.9 Å². The molecule has 4 aromatic rings. The molecule has 2 aromatic heterocycles. The van der Waals surface area contributed by atoms with Gasteiger partial charge in [0.25, 0.3) is 0 Å². The quantitative estimate of drug-likeness (QED) is 0.556. The summed E-state index contributed by atoms with van der Waals surface area (Å²) >= 11 is 5.98. The average Bonchev–Trinajstić information content (AvgIpc) is 3.07. The molecule has 5 nitrogen and oxygen atoms in total. The van der Waals surface area contributed by atoms with Gasteiger partial charge in [-0.3, -0.25) is 4.57 Å². The second-order valence-corrected chi connectivity index (χ2v) is 6.24. The van der Waals surface area contributed by atoms with Crippen LogP contribution in [0.15, 0.2) is 67.3 Å². The van der Waals surface area contributed by atoms with E-state index in [-0.39, 0.29) is 0 Å². The number of rotatable bonds is 4. The number of hydrogen-bond donors (Lipinski definition) is 0. The lowest BCUT2D eigenvalue weighted by molar-refractivity contribution is 0.897. The van der Waals surface area contributed by atoms with Gasteiger partial charge in [0.2, 0.25) is 0 Å². The molecule has 0 amide bonds. The molecular weight excluding hydrogens is 334 g/mol. The molecular formula is C19H16ClN5. The molecule has 0 saturated carbocycles. The highest BCUT2D eigenvalue weighted by atomic mass is 35.5. The third kappa shape index (κ3) is 3.06. The first-order valence-electron chi connectivity index (χ1n) is 7.91. The third-order valence-corrected chi connectivity index (χ3v) is 4.30. The normalized spacial score (nSPS) is 11.0. The molecule has 0 aliphatic carbocycles. The van der Waals surface area contributed by atoms with Gasteiger partial charge in [-0.05, 0) is 29.8 Å². The van der Waals surface area contributed by atoms with Crippen molar-refractivity contribution in [3.63, 3.8) is 0 Å². The summed E-state index contributed by atoms with van der Waals surface area (Å²) in [5.41, 5.74) is 3.72. The molecule has 4 rings (SSSR count). The fraction of sp³-hybridized carbons (Fsp3) is 0.105. The van der Waals surface area contributed by atoms with Crippen molar-refractivity contribution in [2.75, 3.05) is 11.9 Å². The van der Waals surface area contributed by atoms with Crippen LogP contribution in [0.3, 0.4) is 0 Å². The largest absolute Gasteiger partial charge is 0.353 e. The van der Waals surface area contributed by atoms with Crippen LogP contribution < -0.4 is 4.90 Å². The van der Waals surface area contributed by atoms with Crippen molar-refractivity contribution in [3.05, 3.63) is 77.8 Å². The lowest BCUT2D eigenvalue weighted by Gasteiger charge is -2.18. The van der Waals surface area contributed by atoms with E-state index in [2.05, 4.69) is 32.0 Å². The Morgan fingerprint density at radius 3 is 2.48 bits per heavy atom. The molecule has 0 bridgehead atoms. The minimum absolute atomic E-state index is 0.700. The van der Waals surface area contributed by atoms with E-state index in [1.54, 1.807) is 12.7 Å². The predicted molar refractivity (Wildman–Crippen MR) is 100 cm³/mol. The van der Waals surface area contributed by atoms with Gasteiger partial charge in [0.1, 0.15) is 12.7 Å². The Bertz CT molecular complexity index is 995. The molecule has 0 unspecified atom stereocenters. The molecule has 0 aliphatic heterocycles. The maximum atomic E-state index is 5.98. The van der Waals surface area contributed by atoms with Crippen molar-refractivity contribution in [2.45, 2.75) is 6.54 Å². The van der Waals surface area contributed by atoms with Crippen molar-refractivity contribution in [1.82, 2.24) is 19.5 Å². The zero-order chi connectivity index (χ0) is 17.2. The summed E-state index contributed by atoms with van der Waals surface area (Å²) in [7, 11) is 2.01. The second kappa shape index (κ2) is 6.53. The molecule has 0 fully saturated rings. The van der Waals surface area contributed by atoms with E-state index < -0.39 is 0 Å². The van der Waals surface area contributed by atoms with Gasteiger partial charge < -0.3 is 4.90 Å². The van der Waals surface area contributed by atoms with Crippen molar-refractivity contribution in [1.29, 1.82) is 0 Å². The van der Waals surface area contributed by atoms with Gasteiger partial charge in [0, 0.05) is 24.3 Å². The van der Waals surface area contributed by atoms with Crippen LogP contribution in [0, 0.1) is 0 Å². The second-order valence-electron chi connectivity index (χ2n) is 5.80. The maximum Gasteiger partial charge on any atom is 0.170 e. The highest BCUT2D eigenvalue weighted by Crippen LogP contribution is 2.24. The van der Waals surface area contributed by atoms with Crippen LogP contribution in [0.5, 0.6) is 0 Å². The molecule has 6 heteroatoms. The lowest BCUT2D eigenvalue weighted by atomic mass is 10.2. The first kappa shape index (κ1) is 15.6. The van der Waals surface area contributed by atoms with E-state index in [9.17, 15) is 0 Å². The maximum absolute atomic E-state index is 5.98. The molecule has 2 aromatic carbocycles. The SMILES string of the molecule is CN(Cc1ccccc1)c1ncnc2c1ncn2-c1ccc(Cl)cc1. The minimum Gasteiger partial charge on any atom is -0.353 e. The fourth-order valence-electron chi connectivity index (χ4n) is 2.82. The molecule has 2 heterocycles. The monoisotopic (exact) mass is 349 g/mol. The van der Waals surface area contributed by atoms with E-state index in [1.807, 2.05) is 54.1 Å². The Morgan fingerprint density at radius 2 is 1.72 bits per heavy atom. The number of hydrogen-bond acceptors (Lipinski definition) is 4. The van der Waals surface area contributed by atoms with Gasteiger partial charge in [-0.2, -0.15) is 0 Å². The van der Waals surface area contributed by atoms with Gasteiger partial charge in [-0.25, -0.2) is 15.0 Å². The smallest absolute Gasteiger partial charge is 0.170 e. The van der Waals surface area contributed by atoms with E-state index in [0.717, 1.165) is 29.2 Å². The summed E-state index contributed by atoms with van der Waals surface area (Å²) in [5, 5.41) is 0.700. The first-order valence-corrected chi connectivity index (χ1v) is 8.29. The molecule has 0 radical (unpaired) electrons. The number of halogens is 1. The summed E-state index contributed by atoms with van der Waals surface area (Å²) < 4.78 is 1.94. The minimum atomic E-state index is 0.700. The van der Waals surface area contributed by atoms with Crippen LogP contribution >= 0.6 is 11.6 Å². The lowest BCUT2D eigenvalue weighted by Crippen LogP contribution is -2.18. The Hall–Kier alpha value is -2.92. The Balaban J connectivity index is 1.72. The van der Waals surface area contributed by atoms with Gasteiger partial charge in [-0.15, -0.1) is 0 Å². The van der Waals surface area contributed by atoms with Crippen molar-refractivity contribution >= 4 is 28.6 Å². The van der Waals surface area contributed by atoms with Crippen LogP contribution in [-0.4, -0.2) is 26.6 Å². The van der Waals surface area contributed by atoms with Crippen LogP contribution in [-0.2, 0) is 6.54 Å². The van der Waals surface area contributed by atoms with Gasteiger partial charge in [0.05, 0.1) is 0 Å². The molecule has 25 heavy (non-hydrogen) atoms. The number of anilines is 1. The predicted octanol–water partition coefficient (Wildman–Crippen LogP) is 4.11. The summed E-state index contributed by atoms with van der Waals surface area (Å²) in [4.78, 5) is 15.5. The molecule has 0 spiro atoms. The number of benzene rings is 2. The summed E-state index contributed by atoms with van der Waals surface area (Å²) in [5.74, 6) is 0.807. The Labute approximate surface area is 150 Å². The zero-order valence-electron chi connectivity index (χ0n) is 13.7. The van der Waals surface area contributed by atoms with E-state index in [0.29, 0.717) is 5.02 Å². The third-order valence-electron chi connectivity index (χ3n) is 4.04. The Morgan fingerprint density at radius 1 is 0.960 bits per heavy atom. The zero-order valence-corrected chi connectivity index (χ0v) is 14.4. The number of nitrogens with zero attached hydrogens (tertiary/aromatic N) is 5. The van der Waals surface area contributed by atoms with E-state index in [1.165, 1.54) is 5.56 Å². The average molecular weight is 350 g/mol. The van der Waals surface area contributed by atoms with Crippen molar-refractivity contribution < 1.29 is 0 Å². The first-order chi connectivity index (χ1) is 12.2. The molecule has 0 atom stereocenters. The number of aromatic nitrogens is 4. The van der Waals surface area contributed by atoms with Crippen molar-refractivity contribution in [3.8, 4) is 5.69 Å². The van der Waals surface area contributed by atoms with Gasteiger partial charge >= 0.3 is 0 Å². The number of fused-ring (bicyclic) bond motifs is 1. The van der Waals surface area contributed by atoms with Crippen molar-refractivity contribution in [2.24, 2.45) is 0 Å².